The first kappa shape index (κ1) is 18.2. The molecule has 2 heterocycles. The van der Waals surface area contributed by atoms with Gasteiger partial charge in [-0.2, -0.15) is 0 Å². The normalized spacial score (nSPS) is 18.6. The fourth-order valence-electron chi connectivity index (χ4n) is 3.48. The molecule has 138 valence electrons. The molecule has 0 saturated carbocycles. The minimum Gasteiger partial charge on any atom is -0.503 e. The number of benzene rings is 1. The Kier molecular flexibility index (Phi) is 4.90. The van der Waals surface area contributed by atoms with E-state index < -0.39 is 5.56 Å². The number of aromatic amines is 1. The molecular formula is C21H26N2O3. The van der Waals surface area contributed by atoms with Crippen LogP contribution in [0.2, 0.25) is 0 Å². The molecule has 3 rings (SSSR count). The molecule has 1 aromatic heterocycles. The van der Waals surface area contributed by atoms with Crippen LogP contribution in [0.1, 0.15) is 62.8 Å². The van der Waals surface area contributed by atoms with Crippen LogP contribution >= 0.6 is 0 Å². The number of carbonyl (C=O) groups excluding carboxylic acids is 1. The fraction of sp³-hybridized carbons (Fsp3) is 0.429. The van der Waals surface area contributed by atoms with Crippen molar-refractivity contribution in [3.8, 4) is 5.75 Å². The van der Waals surface area contributed by atoms with E-state index in [1.54, 1.807) is 6.07 Å². The lowest BCUT2D eigenvalue weighted by molar-refractivity contribution is -0.119. The molecule has 1 unspecified atom stereocenters. The highest BCUT2D eigenvalue weighted by Gasteiger charge is 2.27. The predicted octanol–water partition coefficient (Wildman–Crippen LogP) is 3.18. The van der Waals surface area contributed by atoms with Crippen molar-refractivity contribution in [3.63, 3.8) is 0 Å². The van der Waals surface area contributed by atoms with Gasteiger partial charge in [-0.25, -0.2) is 0 Å². The molecule has 1 saturated heterocycles. The zero-order chi connectivity index (χ0) is 18.9. The van der Waals surface area contributed by atoms with E-state index in [1.165, 1.54) is 11.6 Å². The number of H-pyrrole nitrogens is 1. The van der Waals surface area contributed by atoms with Gasteiger partial charge in [-0.1, -0.05) is 45.0 Å². The van der Waals surface area contributed by atoms with Crippen LogP contribution in [-0.2, 0) is 10.2 Å². The van der Waals surface area contributed by atoms with Crippen molar-refractivity contribution in [2.24, 2.45) is 0 Å². The lowest BCUT2D eigenvalue weighted by Gasteiger charge is -2.24. The molecule has 2 aromatic rings. The summed E-state index contributed by atoms with van der Waals surface area (Å²) in [6.45, 7) is 6.51. The average Bonchev–Trinajstić information content (AvgIpc) is 3.00. The number of amides is 1. The largest absolute Gasteiger partial charge is 0.503 e. The van der Waals surface area contributed by atoms with E-state index in [4.69, 9.17) is 0 Å². The quantitative estimate of drug-likeness (QED) is 0.789. The number of aromatic hydroxyl groups is 1. The molecule has 1 aliphatic rings. The fourth-order valence-corrected chi connectivity index (χ4v) is 3.48. The molecule has 1 aromatic carbocycles. The highest BCUT2D eigenvalue weighted by Crippen LogP contribution is 2.32. The SMILES string of the molecule is CC(C)(C)c1ccc(C(C[C@H]2CCC(=O)N2)c2ccc(O)c(=O)[nH]2)cc1. The number of hydrogen-bond donors (Lipinski definition) is 3. The summed E-state index contributed by atoms with van der Waals surface area (Å²) in [6, 6.07) is 11.7. The molecule has 5 nitrogen and oxygen atoms in total. The highest BCUT2D eigenvalue weighted by molar-refractivity contribution is 5.78. The van der Waals surface area contributed by atoms with Crippen LogP contribution in [0.4, 0.5) is 0 Å². The summed E-state index contributed by atoms with van der Waals surface area (Å²) >= 11 is 0. The first-order chi connectivity index (χ1) is 12.2. The van der Waals surface area contributed by atoms with Gasteiger partial charge >= 0.3 is 0 Å². The van der Waals surface area contributed by atoms with Crippen LogP contribution in [0, 0.1) is 0 Å². The minimum absolute atomic E-state index is 0.0549. The van der Waals surface area contributed by atoms with Crippen LogP contribution in [-0.4, -0.2) is 22.0 Å². The Bertz CT molecular complexity index is 847. The average molecular weight is 354 g/mol. The van der Waals surface area contributed by atoms with Gasteiger partial charge in [0.05, 0.1) is 0 Å². The maximum absolute atomic E-state index is 11.9. The summed E-state index contributed by atoms with van der Waals surface area (Å²) in [5, 5.41) is 12.5. The van der Waals surface area contributed by atoms with Gasteiger partial charge in [-0.3, -0.25) is 9.59 Å². The lowest BCUT2D eigenvalue weighted by atomic mass is 9.83. The van der Waals surface area contributed by atoms with Gasteiger partial charge in [0.1, 0.15) is 0 Å². The van der Waals surface area contributed by atoms with Crippen LogP contribution in [0.3, 0.4) is 0 Å². The van der Waals surface area contributed by atoms with Gasteiger partial charge in [0.25, 0.3) is 5.56 Å². The Morgan fingerprint density at radius 1 is 1.12 bits per heavy atom. The number of pyridine rings is 1. The standard InChI is InChI=1S/C21H26N2O3/c1-21(2,3)14-6-4-13(5-7-14)16(12-15-8-11-19(25)22-15)17-9-10-18(24)20(26)23-17/h4-7,9-10,15-16,24H,8,11-12H2,1-3H3,(H,22,25)(H,23,26)/t15-,16?/m1/s1. The van der Waals surface area contributed by atoms with Gasteiger partial charge in [-0.05, 0) is 41.5 Å². The summed E-state index contributed by atoms with van der Waals surface area (Å²) in [6.07, 6.45) is 2.06. The Balaban J connectivity index is 1.95. The van der Waals surface area contributed by atoms with E-state index in [2.05, 4.69) is 55.3 Å². The zero-order valence-corrected chi connectivity index (χ0v) is 15.5. The molecule has 1 amide bonds. The molecule has 0 radical (unpaired) electrons. The number of nitrogens with one attached hydrogen (secondary N) is 2. The molecule has 0 spiro atoms. The molecule has 3 N–H and O–H groups in total. The van der Waals surface area contributed by atoms with Crippen LogP contribution < -0.4 is 10.9 Å². The Labute approximate surface area is 153 Å². The zero-order valence-electron chi connectivity index (χ0n) is 15.5. The highest BCUT2D eigenvalue weighted by atomic mass is 16.3. The molecule has 1 fully saturated rings. The molecular weight excluding hydrogens is 328 g/mol. The van der Waals surface area contributed by atoms with Gasteiger partial charge in [0.15, 0.2) is 5.75 Å². The second kappa shape index (κ2) is 6.98. The van der Waals surface area contributed by atoms with Crippen molar-refractivity contribution in [1.29, 1.82) is 0 Å². The van der Waals surface area contributed by atoms with E-state index in [1.807, 2.05) is 0 Å². The van der Waals surface area contributed by atoms with Crippen LogP contribution in [0.15, 0.2) is 41.2 Å². The van der Waals surface area contributed by atoms with Gasteiger partial charge in [0, 0.05) is 24.1 Å². The summed E-state index contributed by atoms with van der Waals surface area (Å²) in [5.74, 6) is -0.263. The Morgan fingerprint density at radius 3 is 2.35 bits per heavy atom. The molecule has 1 aliphatic heterocycles. The molecule has 5 heteroatoms. The summed E-state index contributed by atoms with van der Waals surface area (Å²) < 4.78 is 0. The molecule has 26 heavy (non-hydrogen) atoms. The summed E-state index contributed by atoms with van der Waals surface area (Å²) in [5.41, 5.74) is 2.65. The van der Waals surface area contributed by atoms with Crippen molar-refractivity contribution in [1.82, 2.24) is 10.3 Å². The van der Waals surface area contributed by atoms with E-state index in [-0.39, 0.29) is 29.0 Å². The van der Waals surface area contributed by atoms with Crippen molar-refractivity contribution in [2.75, 3.05) is 0 Å². The predicted molar refractivity (Wildman–Crippen MR) is 101 cm³/mol. The second-order valence-electron chi connectivity index (χ2n) is 8.09. The van der Waals surface area contributed by atoms with Gasteiger partial charge < -0.3 is 15.4 Å². The second-order valence-corrected chi connectivity index (χ2v) is 8.09. The van der Waals surface area contributed by atoms with Crippen LogP contribution in [0.25, 0.3) is 0 Å². The van der Waals surface area contributed by atoms with E-state index in [0.29, 0.717) is 12.8 Å². The molecule has 2 atom stereocenters. The minimum atomic E-state index is -0.491. The lowest BCUT2D eigenvalue weighted by Crippen LogP contribution is -2.28. The van der Waals surface area contributed by atoms with E-state index in [9.17, 15) is 14.7 Å². The van der Waals surface area contributed by atoms with Crippen molar-refractivity contribution >= 4 is 5.91 Å². The van der Waals surface area contributed by atoms with Crippen LogP contribution in [0.5, 0.6) is 5.75 Å². The number of aromatic nitrogens is 1. The molecule has 0 aliphatic carbocycles. The van der Waals surface area contributed by atoms with Crippen molar-refractivity contribution in [3.05, 3.63) is 63.6 Å². The van der Waals surface area contributed by atoms with E-state index >= 15 is 0 Å². The van der Waals surface area contributed by atoms with Crippen molar-refractivity contribution in [2.45, 2.75) is 57.4 Å². The monoisotopic (exact) mass is 354 g/mol. The first-order valence-electron chi connectivity index (χ1n) is 9.06. The number of carbonyl (C=O) groups is 1. The third kappa shape index (κ3) is 3.98. The van der Waals surface area contributed by atoms with E-state index in [0.717, 1.165) is 17.7 Å². The smallest absolute Gasteiger partial charge is 0.290 e. The van der Waals surface area contributed by atoms with Gasteiger partial charge in [0.2, 0.25) is 5.91 Å². The first-order valence-corrected chi connectivity index (χ1v) is 9.06. The molecule has 0 bridgehead atoms. The Hall–Kier alpha value is -2.56. The topological polar surface area (TPSA) is 82.2 Å². The number of rotatable bonds is 4. The Morgan fingerprint density at radius 2 is 1.81 bits per heavy atom. The maximum Gasteiger partial charge on any atom is 0.290 e. The maximum atomic E-state index is 11.9. The number of hydrogen-bond acceptors (Lipinski definition) is 3. The summed E-state index contributed by atoms with van der Waals surface area (Å²) in [7, 11) is 0. The third-order valence-electron chi connectivity index (χ3n) is 5.07. The summed E-state index contributed by atoms with van der Waals surface area (Å²) in [4.78, 5) is 26.2. The van der Waals surface area contributed by atoms with Gasteiger partial charge in [-0.15, -0.1) is 0 Å². The third-order valence-corrected chi connectivity index (χ3v) is 5.07. The van der Waals surface area contributed by atoms with Crippen molar-refractivity contribution < 1.29 is 9.90 Å².